The van der Waals surface area contributed by atoms with Gasteiger partial charge in [-0.25, -0.2) is 4.79 Å². The minimum Gasteiger partial charge on any atom is -0.489 e. The van der Waals surface area contributed by atoms with E-state index in [2.05, 4.69) is 22.5 Å². The highest BCUT2D eigenvalue weighted by atomic mass is 16.5. The fraction of sp³-hybridized carbons (Fsp3) is 0.321. The van der Waals surface area contributed by atoms with Crippen molar-refractivity contribution in [1.82, 2.24) is 15.2 Å². The Morgan fingerprint density at radius 2 is 1.83 bits per heavy atom. The number of nitrogens with zero attached hydrogens (tertiary/aromatic N) is 2. The van der Waals surface area contributed by atoms with Crippen molar-refractivity contribution in [2.24, 2.45) is 5.92 Å². The molecule has 1 aliphatic rings. The van der Waals surface area contributed by atoms with Crippen molar-refractivity contribution in [3.63, 3.8) is 0 Å². The number of carbonyl (C=O) groups excluding carboxylic acids is 2. The van der Waals surface area contributed by atoms with E-state index in [1.807, 2.05) is 54.3 Å². The van der Waals surface area contributed by atoms with Gasteiger partial charge >= 0.3 is 6.03 Å². The van der Waals surface area contributed by atoms with E-state index in [0.717, 1.165) is 48.4 Å². The second-order valence-corrected chi connectivity index (χ2v) is 9.11. The Morgan fingerprint density at radius 3 is 2.51 bits per heavy atom. The van der Waals surface area contributed by atoms with Gasteiger partial charge in [0.05, 0.1) is 0 Å². The molecule has 1 fully saturated rings. The van der Waals surface area contributed by atoms with E-state index >= 15 is 0 Å². The van der Waals surface area contributed by atoms with Gasteiger partial charge in [-0.2, -0.15) is 0 Å². The molecule has 0 saturated carbocycles. The number of ether oxygens (including phenoxy) is 1. The number of likely N-dealkylation sites (tertiary alicyclic amines) is 1. The van der Waals surface area contributed by atoms with Crippen LogP contribution in [-0.2, 0) is 13.2 Å². The molecule has 0 atom stereocenters. The van der Waals surface area contributed by atoms with Gasteiger partial charge in [-0.1, -0.05) is 25.1 Å². The minimum absolute atomic E-state index is 0.0591. The third-order valence-corrected chi connectivity index (χ3v) is 6.30. The first-order valence-corrected chi connectivity index (χ1v) is 12.0. The standard InChI is InChI=1S/C28H32N4O3/c1-20-11-14-32(15-12-20)27(33)24-7-10-26(21(2)16-24)31-28(34)30-18-22-5-8-25(9-6-22)35-19-23-4-3-13-29-17-23/h3-10,13,16-17,20H,11-12,14-15,18-19H2,1-2H3,(H2,30,31,34). The zero-order valence-electron chi connectivity index (χ0n) is 20.3. The third-order valence-electron chi connectivity index (χ3n) is 6.30. The molecule has 0 aliphatic carbocycles. The zero-order chi connectivity index (χ0) is 24.6. The molecular formula is C28H32N4O3. The van der Waals surface area contributed by atoms with Gasteiger partial charge in [-0.05, 0) is 73.2 Å². The van der Waals surface area contributed by atoms with Gasteiger partial charge < -0.3 is 20.3 Å². The Labute approximate surface area is 206 Å². The highest BCUT2D eigenvalue weighted by molar-refractivity contribution is 5.96. The molecule has 3 amide bonds. The molecule has 1 saturated heterocycles. The molecule has 0 spiro atoms. The average Bonchev–Trinajstić information content (AvgIpc) is 2.88. The van der Waals surface area contributed by atoms with Crippen LogP contribution < -0.4 is 15.4 Å². The number of piperidine rings is 1. The number of carbonyl (C=O) groups is 2. The zero-order valence-corrected chi connectivity index (χ0v) is 20.3. The Kier molecular flexibility index (Phi) is 7.98. The lowest BCUT2D eigenvalue weighted by molar-refractivity contribution is 0.0697. The van der Waals surface area contributed by atoms with E-state index in [1.54, 1.807) is 24.5 Å². The summed E-state index contributed by atoms with van der Waals surface area (Å²) in [6, 6.07) is 16.6. The predicted molar refractivity (Wildman–Crippen MR) is 136 cm³/mol. The third kappa shape index (κ3) is 6.82. The van der Waals surface area contributed by atoms with Crippen molar-refractivity contribution < 1.29 is 14.3 Å². The Hall–Kier alpha value is -3.87. The molecule has 7 nitrogen and oxygen atoms in total. The van der Waals surface area contributed by atoms with E-state index in [1.165, 1.54) is 0 Å². The van der Waals surface area contributed by atoms with Crippen molar-refractivity contribution in [2.75, 3.05) is 18.4 Å². The summed E-state index contributed by atoms with van der Waals surface area (Å²) in [4.78, 5) is 31.2. The summed E-state index contributed by atoms with van der Waals surface area (Å²) in [5.41, 5.74) is 4.16. The van der Waals surface area contributed by atoms with Gasteiger partial charge in [0.25, 0.3) is 5.91 Å². The first-order chi connectivity index (χ1) is 17.0. The van der Waals surface area contributed by atoms with E-state index in [0.29, 0.717) is 30.3 Å². The number of benzene rings is 2. The lowest BCUT2D eigenvalue weighted by Gasteiger charge is -2.30. The van der Waals surface area contributed by atoms with Crippen LogP contribution in [0.25, 0.3) is 0 Å². The fourth-order valence-corrected chi connectivity index (χ4v) is 4.03. The van der Waals surface area contributed by atoms with Crippen molar-refractivity contribution >= 4 is 17.6 Å². The van der Waals surface area contributed by atoms with Gasteiger partial charge in [-0.3, -0.25) is 9.78 Å². The fourth-order valence-electron chi connectivity index (χ4n) is 4.03. The normalized spacial score (nSPS) is 13.8. The number of aryl methyl sites for hydroxylation is 1. The number of anilines is 1. The van der Waals surface area contributed by atoms with Crippen LogP contribution in [0.4, 0.5) is 10.5 Å². The monoisotopic (exact) mass is 472 g/mol. The van der Waals surface area contributed by atoms with Gasteiger partial charge in [0, 0.05) is 48.8 Å². The molecule has 4 rings (SSSR count). The number of rotatable bonds is 7. The number of urea groups is 1. The molecular weight excluding hydrogens is 440 g/mol. The summed E-state index contributed by atoms with van der Waals surface area (Å²) in [7, 11) is 0. The van der Waals surface area contributed by atoms with E-state index in [-0.39, 0.29) is 11.9 Å². The summed E-state index contributed by atoms with van der Waals surface area (Å²) in [5, 5.41) is 5.75. The predicted octanol–water partition coefficient (Wildman–Crippen LogP) is 5.16. The van der Waals surface area contributed by atoms with Crippen LogP contribution in [0.15, 0.2) is 67.0 Å². The smallest absolute Gasteiger partial charge is 0.319 e. The van der Waals surface area contributed by atoms with E-state index < -0.39 is 0 Å². The second kappa shape index (κ2) is 11.5. The van der Waals surface area contributed by atoms with Gasteiger partial charge in [-0.15, -0.1) is 0 Å². The van der Waals surface area contributed by atoms with Crippen molar-refractivity contribution in [2.45, 2.75) is 39.8 Å². The molecule has 0 bridgehead atoms. The first-order valence-electron chi connectivity index (χ1n) is 12.0. The van der Waals surface area contributed by atoms with Crippen LogP contribution >= 0.6 is 0 Å². The number of hydrogen-bond acceptors (Lipinski definition) is 4. The number of aromatic nitrogens is 1. The minimum atomic E-state index is -0.297. The largest absolute Gasteiger partial charge is 0.489 e. The highest BCUT2D eigenvalue weighted by Gasteiger charge is 2.21. The van der Waals surface area contributed by atoms with Crippen LogP contribution in [0.1, 0.15) is 46.8 Å². The molecule has 35 heavy (non-hydrogen) atoms. The van der Waals surface area contributed by atoms with Crippen LogP contribution in [0.2, 0.25) is 0 Å². The van der Waals surface area contributed by atoms with E-state index in [4.69, 9.17) is 4.74 Å². The SMILES string of the molecule is Cc1cc(C(=O)N2CCC(C)CC2)ccc1NC(=O)NCc1ccc(OCc2cccnc2)cc1. The molecule has 0 unspecified atom stereocenters. The van der Waals surface area contributed by atoms with Crippen molar-refractivity contribution in [3.8, 4) is 5.75 Å². The number of hydrogen-bond donors (Lipinski definition) is 2. The lowest BCUT2D eigenvalue weighted by atomic mass is 9.98. The molecule has 2 N–H and O–H groups in total. The van der Waals surface area contributed by atoms with Crippen molar-refractivity contribution in [1.29, 1.82) is 0 Å². The van der Waals surface area contributed by atoms with Gasteiger partial charge in [0.15, 0.2) is 0 Å². The number of nitrogens with one attached hydrogen (secondary N) is 2. The quantitative estimate of drug-likeness (QED) is 0.497. The molecule has 182 valence electrons. The van der Waals surface area contributed by atoms with Crippen molar-refractivity contribution in [3.05, 3.63) is 89.2 Å². The molecule has 1 aromatic heterocycles. The molecule has 2 heterocycles. The second-order valence-electron chi connectivity index (χ2n) is 9.11. The summed E-state index contributed by atoms with van der Waals surface area (Å²) in [5.74, 6) is 1.49. The Bertz CT molecular complexity index is 1140. The molecule has 3 aromatic rings. The Morgan fingerprint density at radius 1 is 1.06 bits per heavy atom. The summed E-state index contributed by atoms with van der Waals surface area (Å²) in [6.45, 7) is 6.58. The lowest BCUT2D eigenvalue weighted by Crippen LogP contribution is -2.37. The highest BCUT2D eigenvalue weighted by Crippen LogP contribution is 2.21. The average molecular weight is 473 g/mol. The number of pyridine rings is 1. The summed E-state index contributed by atoms with van der Waals surface area (Å²) in [6.07, 6.45) is 5.60. The molecule has 1 aliphatic heterocycles. The van der Waals surface area contributed by atoms with E-state index in [9.17, 15) is 9.59 Å². The van der Waals surface area contributed by atoms with Crippen LogP contribution in [0, 0.1) is 12.8 Å². The van der Waals surface area contributed by atoms with Crippen LogP contribution in [0.5, 0.6) is 5.75 Å². The van der Waals surface area contributed by atoms with Crippen LogP contribution in [-0.4, -0.2) is 34.9 Å². The summed E-state index contributed by atoms with van der Waals surface area (Å²) >= 11 is 0. The molecule has 0 radical (unpaired) electrons. The van der Waals surface area contributed by atoms with Crippen LogP contribution in [0.3, 0.4) is 0 Å². The maximum absolute atomic E-state index is 12.8. The summed E-state index contributed by atoms with van der Waals surface area (Å²) < 4.78 is 5.77. The van der Waals surface area contributed by atoms with Gasteiger partial charge in [0.1, 0.15) is 12.4 Å². The maximum atomic E-state index is 12.8. The molecule has 2 aromatic carbocycles. The Balaban J connectivity index is 1.25. The molecule has 7 heteroatoms. The van der Waals surface area contributed by atoms with Gasteiger partial charge in [0.2, 0.25) is 0 Å². The topological polar surface area (TPSA) is 83.6 Å². The number of amides is 3. The maximum Gasteiger partial charge on any atom is 0.319 e. The first kappa shape index (κ1) is 24.3.